The van der Waals surface area contributed by atoms with E-state index in [4.69, 9.17) is 34.2 Å². The molecular weight excluding hydrogens is 532 g/mol. The Morgan fingerprint density at radius 1 is 0.619 bits per heavy atom. The molecule has 0 saturated heterocycles. The maximum Gasteiger partial charge on any atom is 0.147 e. The predicted molar refractivity (Wildman–Crippen MR) is 165 cm³/mol. The molecule has 3 aromatic carbocycles. The third-order valence-electron chi connectivity index (χ3n) is 7.00. The summed E-state index contributed by atoms with van der Waals surface area (Å²) in [7, 11) is 3.29. The van der Waals surface area contributed by atoms with Gasteiger partial charge >= 0.3 is 0 Å². The van der Waals surface area contributed by atoms with Gasteiger partial charge < -0.3 is 39.5 Å². The largest absolute Gasteiger partial charge is 0.382 e. The fourth-order valence-electron chi connectivity index (χ4n) is 4.69. The summed E-state index contributed by atoms with van der Waals surface area (Å²) in [6.07, 6.45) is 0.364. The molecule has 0 spiro atoms. The second kappa shape index (κ2) is 20.3. The quantitative estimate of drug-likeness (QED) is 0.134. The number of nitrogens with one attached hydrogen (secondary N) is 1. The van der Waals surface area contributed by atoms with Crippen molar-refractivity contribution in [3.63, 3.8) is 0 Å². The van der Waals surface area contributed by atoms with Crippen molar-refractivity contribution >= 4 is 0 Å². The van der Waals surface area contributed by atoms with Crippen molar-refractivity contribution in [1.82, 2.24) is 5.32 Å². The number of rotatable bonds is 22. The number of hydrogen-bond acceptors (Lipinski definition) is 8. The maximum atomic E-state index is 6.92. The number of aryl methyl sites for hydroxylation is 1. The van der Waals surface area contributed by atoms with Crippen LogP contribution in [0.2, 0.25) is 0 Å². The van der Waals surface area contributed by atoms with Crippen molar-refractivity contribution in [2.45, 2.75) is 50.6 Å². The highest BCUT2D eigenvalue weighted by molar-refractivity contribution is 5.22. The highest BCUT2D eigenvalue weighted by Crippen LogP contribution is 2.20. The second-order valence-electron chi connectivity index (χ2n) is 10.3. The standard InChI is InChI=1S/C34H48N2O6/c1-27-14-16-30(17-15-27)24-36-32(23-29-12-8-5-9-13-29)34(42-26-40-21-19-38-3)33(41-25-39-20-18-37-2)31(35)22-28-10-6-4-7-11-28/h4-17,31-34,36H,18-26,35H2,1-3H3/t31-,32-,33+,34+/m1/s1. The van der Waals surface area contributed by atoms with E-state index < -0.39 is 12.2 Å². The normalized spacial score (nSPS) is 14.4. The monoisotopic (exact) mass is 580 g/mol. The van der Waals surface area contributed by atoms with E-state index in [2.05, 4.69) is 72.9 Å². The first-order valence-corrected chi connectivity index (χ1v) is 14.6. The number of ether oxygens (including phenoxy) is 6. The average molecular weight is 581 g/mol. The number of methoxy groups -OCH3 is 2. The molecule has 42 heavy (non-hydrogen) atoms. The molecule has 0 aliphatic heterocycles. The molecule has 0 aliphatic carbocycles. The third-order valence-corrected chi connectivity index (χ3v) is 7.00. The summed E-state index contributed by atoms with van der Waals surface area (Å²) in [5, 5.41) is 3.76. The highest BCUT2D eigenvalue weighted by Gasteiger charge is 2.36. The van der Waals surface area contributed by atoms with Crippen LogP contribution in [0, 0.1) is 6.92 Å². The summed E-state index contributed by atoms with van der Waals surface area (Å²) < 4.78 is 34.7. The van der Waals surface area contributed by atoms with Crippen LogP contribution < -0.4 is 11.1 Å². The summed E-state index contributed by atoms with van der Waals surface area (Å²) in [6, 6.07) is 28.6. The maximum absolute atomic E-state index is 6.92. The Balaban J connectivity index is 1.89. The molecule has 0 aliphatic rings. The van der Waals surface area contributed by atoms with E-state index in [-0.39, 0.29) is 25.7 Å². The van der Waals surface area contributed by atoms with Gasteiger partial charge in [-0.25, -0.2) is 0 Å². The van der Waals surface area contributed by atoms with Crippen LogP contribution in [-0.2, 0) is 47.8 Å². The molecule has 8 nitrogen and oxygen atoms in total. The molecule has 4 atom stereocenters. The fourth-order valence-corrected chi connectivity index (χ4v) is 4.69. The van der Waals surface area contributed by atoms with Gasteiger partial charge in [0.15, 0.2) is 0 Å². The van der Waals surface area contributed by atoms with Gasteiger partial charge in [0.1, 0.15) is 25.8 Å². The molecule has 3 N–H and O–H groups in total. The summed E-state index contributed by atoms with van der Waals surface area (Å²) >= 11 is 0. The van der Waals surface area contributed by atoms with Crippen molar-refractivity contribution in [1.29, 1.82) is 0 Å². The Labute approximate surface area is 251 Å². The fraction of sp³-hybridized carbons (Fsp3) is 0.471. The van der Waals surface area contributed by atoms with E-state index in [0.717, 1.165) is 5.56 Å². The minimum Gasteiger partial charge on any atom is -0.382 e. The topological polar surface area (TPSA) is 93.4 Å². The average Bonchev–Trinajstić information content (AvgIpc) is 3.01. The second-order valence-corrected chi connectivity index (χ2v) is 10.3. The van der Waals surface area contributed by atoms with Crippen molar-refractivity contribution in [3.05, 3.63) is 107 Å². The summed E-state index contributed by atoms with van der Waals surface area (Å²) in [5.41, 5.74) is 11.6. The van der Waals surface area contributed by atoms with Gasteiger partial charge in [0, 0.05) is 32.8 Å². The smallest absolute Gasteiger partial charge is 0.147 e. The number of hydrogen-bond donors (Lipinski definition) is 2. The van der Waals surface area contributed by atoms with Crippen LogP contribution in [0.25, 0.3) is 0 Å². The molecule has 230 valence electrons. The summed E-state index contributed by atoms with van der Waals surface area (Å²) in [6.45, 7) is 4.69. The Morgan fingerprint density at radius 3 is 1.69 bits per heavy atom. The number of nitrogens with two attached hydrogens (primary N) is 1. The first-order chi connectivity index (χ1) is 20.6. The van der Waals surface area contributed by atoms with Gasteiger partial charge in [-0.2, -0.15) is 0 Å². The van der Waals surface area contributed by atoms with Crippen LogP contribution in [0.1, 0.15) is 22.3 Å². The molecule has 0 aromatic heterocycles. The third kappa shape index (κ3) is 12.7. The van der Waals surface area contributed by atoms with Crippen molar-refractivity contribution in [3.8, 4) is 0 Å². The zero-order valence-electron chi connectivity index (χ0n) is 25.3. The molecule has 0 unspecified atom stereocenters. The summed E-state index contributed by atoms with van der Waals surface area (Å²) in [5.74, 6) is 0. The van der Waals surface area contributed by atoms with E-state index >= 15 is 0 Å². The molecule has 0 saturated carbocycles. The van der Waals surface area contributed by atoms with E-state index in [9.17, 15) is 0 Å². The molecule has 0 fully saturated rings. The van der Waals surface area contributed by atoms with Crippen molar-refractivity contribution in [2.75, 3.05) is 54.2 Å². The summed E-state index contributed by atoms with van der Waals surface area (Å²) in [4.78, 5) is 0. The van der Waals surface area contributed by atoms with Gasteiger partial charge in [0.05, 0.1) is 26.4 Å². The zero-order valence-corrected chi connectivity index (χ0v) is 25.3. The lowest BCUT2D eigenvalue weighted by Crippen LogP contribution is -2.56. The minimum atomic E-state index is -0.502. The lowest BCUT2D eigenvalue weighted by Gasteiger charge is -2.37. The van der Waals surface area contributed by atoms with E-state index in [1.54, 1.807) is 14.2 Å². The van der Waals surface area contributed by atoms with E-state index in [1.807, 2.05) is 24.3 Å². The Kier molecular flexibility index (Phi) is 16.3. The molecular formula is C34H48N2O6. The van der Waals surface area contributed by atoms with Crippen LogP contribution >= 0.6 is 0 Å². The highest BCUT2D eigenvalue weighted by atomic mass is 16.7. The Hall–Kier alpha value is -2.66. The van der Waals surface area contributed by atoms with Gasteiger partial charge in [-0.3, -0.25) is 0 Å². The van der Waals surface area contributed by atoms with Crippen LogP contribution in [0.3, 0.4) is 0 Å². The van der Waals surface area contributed by atoms with Crippen LogP contribution in [0.4, 0.5) is 0 Å². The van der Waals surface area contributed by atoms with Gasteiger partial charge in [-0.1, -0.05) is 90.5 Å². The molecule has 0 radical (unpaired) electrons. The van der Waals surface area contributed by atoms with Gasteiger partial charge in [-0.15, -0.1) is 0 Å². The van der Waals surface area contributed by atoms with Gasteiger partial charge in [0.2, 0.25) is 0 Å². The SMILES string of the molecule is COCCOCO[C@H]([C@@H](OCOCCOC)[C@@H](Cc1ccccc1)NCc1ccc(C)cc1)[C@H](N)Cc1ccccc1. The van der Waals surface area contributed by atoms with E-state index in [0.29, 0.717) is 45.8 Å². The van der Waals surface area contributed by atoms with Crippen LogP contribution in [0.5, 0.6) is 0 Å². The predicted octanol–water partition coefficient (Wildman–Crippen LogP) is 4.28. The lowest BCUT2D eigenvalue weighted by atomic mass is 9.91. The van der Waals surface area contributed by atoms with Crippen LogP contribution in [-0.4, -0.2) is 78.5 Å². The Morgan fingerprint density at radius 2 is 1.14 bits per heavy atom. The minimum absolute atomic E-state index is 0.0664. The molecule has 3 rings (SSSR count). The molecule has 3 aromatic rings. The van der Waals surface area contributed by atoms with Crippen molar-refractivity contribution < 1.29 is 28.4 Å². The Bertz CT molecular complexity index is 1070. The van der Waals surface area contributed by atoms with Gasteiger partial charge in [-0.05, 0) is 36.5 Å². The van der Waals surface area contributed by atoms with Gasteiger partial charge in [0.25, 0.3) is 0 Å². The molecule has 8 heteroatoms. The lowest BCUT2D eigenvalue weighted by molar-refractivity contribution is -0.184. The number of benzene rings is 3. The van der Waals surface area contributed by atoms with E-state index in [1.165, 1.54) is 16.7 Å². The van der Waals surface area contributed by atoms with Crippen molar-refractivity contribution in [2.24, 2.45) is 5.73 Å². The molecule has 0 heterocycles. The first-order valence-electron chi connectivity index (χ1n) is 14.6. The molecule has 0 amide bonds. The molecule has 0 bridgehead atoms. The first kappa shape index (κ1) is 33.8. The van der Waals surface area contributed by atoms with Crippen LogP contribution in [0.15, 0.2) is 84.9 Å². The zero-order chi connectivity index (χ0) is 29.8.